The third-order valence-electron chi connectivity index (χ3n) is 4.49. The molecule has 0 saturated carbocycles. The summed E-state index contributed by atoms with van der Waals surface area (Å²) in [7, 11) is 0. The van der Waals surface area contributed by atoms with Gasteiger partial charge in [-0.2, -0.15) is 0 Å². The maximum absolute atomic E-state index is 12.9. The molecule has 2 aromatic rings. The van der Waals surface area contributed by atoms with Crippen LogP contribution in [0.1, 0.15) is 6.92 Å². The Morgan fingerprint density at radius 1 is 1.07 bits per heavy atom. The van der Waals surface area contributed by atoms with Gasteiger partial charge >= 0.3 is 0 Å². The van der Waals surface area contributed by atoms with Crippen LogP contribution in [0.5, 0.6) is 5.75 Å². The number of hydrogen-bond donors (Lipinski definition) is 0. The van der Waals surface area contributed by atoms with Gasteiger partial charge in [0.1, 0.15) is 11.6 Å². The first kappa shape index (κ1) is 18.6. The minimum Gasteiger partial charge on any atom is -0.481 e. The first-order valence-corrected chi connectivity index (χ1v) is 8.64. The van der Waals surface area contributed by atoms with Crippen molar-refractivity contribution in [3.05, 3.63) is 64.5 Å². The van der Waals surface area contributed by atoms with Crippen LogP contribution in [0.25, 0.3) is 0 Å². The lowest BCUT2D eigenvalue weighted by atomic mass is 10.2. The summed E-state index contributed by atoms with van der Waals surface area (Å²) in [5.41, 5.74) is 0.947. The third-order valence-corrected chi connectivity index (χ3v) is 4.49. The van der Waals surface area contributed by atoms with Gasteiger partial charge in [0.25, 0.3) is 11.6 Å². The molecule has 1 fully saturated rings. The van der Waals surface area contributed by atoms with Crippen molar-refractivity contribution in [3.63, 3.8) is 0 Å². The molecule has 0 N–H and O–H groups in total. The number of benzene rings is 2. The van der Waals surface area contributed by atoms with Crippen molar-refractivity contribution < 1.29 is 18.8 Å². The number of nitro groups is 1. The summed E-state index contributed by atoms with van der Waals surface area (Å²) < 4.78 is 18.5. The van der Waals surface area contributed by atoms with E-state index in [1.54, 1.807) is 24.0 Å². The zero-order valence-corrected chi connectivity index (χ0v) is 14.9. The maximum Gasteiger partial charge on any atom is 0.269 e. The average Bonchev–Trinajstić information content (AvgIpc) is 2.69. The largest absolute Gasteiger partial charge is 0.481 e. The number of carbonyl (C=O) groups is 1. The van der Waals surface area contributed by atoms with Crippen LogP contribution in [0, 0.1) is 15.9 Å². The van der Waals surface area contributed by atoms with Gasteiger partial charge < -0.3 is 14.5 Å². The monoisotopic (exact) mass is 373 g/mol. The van der Waals surface area contributed by atoms with Gasteiger partial charge in [0, 0.05) is 44.0 Å². The van der Waals surface area contributed by atoms with Crippen molar-refractivity contribution in [3.8, 4) is 5.75 Å². The summed E-state index contributed by atoms with van der Waals surface area (Å²) in [6.07, 6.45) is -0.665. The van der Waals surface area contributed by atoms with Gasteiger partial charge in [0.15, 0.2) is 6.10 Å². The number of anilines is 1. The highest BCUT2D eigenvalue weighted by atomic mass is 19.1. The smallest absolute Gasteiger partial charge is 0.269 e. The summed E-state index contributed by atoms with van der Waals surface area (Å²) >= 11 is 0. The number of halogens is 1. The lowest BCUT2D eigenvalue weighted by Gasteiger charge is -2.37. The van der Waals surface area contributed by atoms with Crippen LogP contribution < -0.4 is 9.64 Å². The molecule has 1 amide bonds. The van der Waals surface area contributed by atoms with Crippen molar-refractivity contribution in [1.82, 2.24) is 4.90 Å². The molecule has 1 aliphatic rings. The average molecular weight is 373 g/mol. The summed E-state index contributed by atoms with van der Waals surface area (Å²) in [5.74, 6) is -0.0341. The van der Waals surface area contributed by atoms with Crippen LogP contribution in [0.2, 0.25) is 0 Å². The summed E-state index contributed by atoms with van der Waals surface area (Å²) in [5, 5.41) is 10.7. The van der Waals surface area contributed by atoms with Crippen molar-refractivity contribution in [2.24, 2.45) is 0 Å². The number of hydrogen-bond acceptors (Lipinski definition) is 5. The van der Waals surface area contributed by atoms with Crippen LogP contribution in [-0.2, 0) is 4.79 Å². The van der Waals surface area contributed by atoms with Gasteiger partial charge in [-0.25, -0.2) is 4.39 Å². The number of nitro benzene ring substituents is 1. The second-order valence-electron chi connectivity index (χ2n) is 6.30. The van der Waals surface area contributed by atoms with Crippen LogP contribution >= 0.6 is 0 Å². The van der Waals surface area contributed by atoms with E-state index in [-0.39, 0.29) is 17.4 Å². The molecule has 3 rings (SSSR count). The van der Waals surface area contributed by atoms with Crippen LogP contribution in [0.4, 0.5) is 15.8 Å². The quantitative estimate of drug-likeness (QED) is 0.595. The van der Waals surface area contributed by atoms with E-state index in [4.69, 9.17) is 4.74 Å². The molecular weight excluding hydrogens is 353 g/mol. The summed E-state index contributed by atoms with van der Waals surface area (Å²) in [6.45, 7) is 4.01. The highest BCUT2D eigenvalue weighted by molar-refractivity contribution is 5.81. The number of amides is 1. The van der Waals surface area contributed by atoms with E-state index in [2.05, 4.69) is 4.90 Å². The Morgan fingerprint density at radius 2 is 1.67 bits per heavy atom. The van der Waals surface area contributed by atoms with Gasteiger partial charge in [-0.1, -0.05) is 0 Å². The molecule has 1 heterocycles. The summed E-state index contributed by atoms with van der Waals surface area (Å²) in [4.78, 5) is 26.7. The molecule has 0 unspecified atom stereocenters. The van der Waals surface area contributed by atoms with E-state index in [1.807, 2.05) is 0 Å². The van der Waals surface area contributed by atoms with Gasteiger partial charge in [0.2, 0.25) is 0 Å². The van der Waals surface area contributed by atoms with E-state index in [9.17, 15) is 19.3 Å². The lowest BCUT2D eigenvalue weighted by molar-refractivity contribution is -0.384. The Labute approximate surface area is 156 Å². The molecule has 8 heteroatoms. The fraction of sp³-hybridized carbons (Fsp3) is 0.316. The highest BCUT2D eigenvalue weighted by Gasteiger charge is 2.26. The Morgan fingerprint density at radius 3 is 2.22 bits per heavy atom. The Bertz CT molecular complexity index is 803. The van der Waals surface area contributed by atoms with Crippen LogP contribution in [0.3, 0.4) is 0 Å². The fourth-order valence-electron chi connectivity index (χ4n) is 3.00. The lowest BCUT2D eigenvalue weighted by Crippen LogP contribution is -2.52. The Balaban J connectivity index is 1.54. The number of ether oxygens (including phenoxy) is 1. The number of rotatable bonds is 5. The number of carbonyl (C=O) groups excluding carboxylic acids is 1. The summed E-state index contributed by atoms with van der Waals surface area (Å²) in [6, 6.07) is 11.9. The zero-order chi connectivity index (χ0) is 19.4. The molecule has 0 aliphatic carbocycles. The molecule has 27 heavy (non-hydrogen) atoms. The molecule has 0 aromatic heterocycles. The first-order valence-electron chi connectivity index (χ1n) is 8.64. The van der Waals surface area contributed by atoms with E-state index < -0.39 is 11.0 Å². The molecule has 2 aromatic carbocycles. The van der Waals surface area contributed by atoms with E-state index in [1.165, 1.54) is 36.4 Å². The Kier molecular flexibility index (Phi) is 5.54. The normalized spacial score (nSPS) is 15.3. The zero-order valence-electron chi connectivity index (χ0n) is 14.9. The van der Waals surface area contributed by atoms with Gasteiger partial charge in [0.05, 0.1) is 4.92 Å². The predicted molar refractivity (Wildman–Crippen MR) is 98.4 cm³/mol. The molecule has 0 radical (unpaired) electrons. The molecule has 1 atom stereocenters. The van der Waals surface area contributed by atoms with E-state index >= 15 is 0 Å². The van der Waals surface area contributed by atoms with Gasteiger partial charge in [-0.15, -0.1) is 0 Å². The fourth-order valence-corrected chi connectivity index (χ4v) is 3.00. The van der Waals surface area contributed by atoms with Crippen molar-refractivity contribution in [1.29, 1.82) is 0 Å². The molecule has 1 saturated heterocycles. The van der Waals surface area contributed by atoms with Crippen molar-refractivity contribution >= 4 is 17.3 Å². The molecule has 0 spiro atoms. The highest BCUT2D eigenvalue weighted by Crippen LogP contribution is 2.21. The maximum atomic E-state index is 12.9. The predicted octanol–water partition coefficient (Wildman–Crippen LogP) is 2.85. The number of piperazine rings is 1. The molecular formula is C19H20FN3O4. The van der Waals surface area contributed by atoms with Gasteiger partial charge in [-0.05, 0) is 43.3 Å². The second kappa shape index (κ2) is 8.03. The van der Waals surface area contributed by atoms with E-state index in [0.717, 1.165) is 5.69 Å². The Hall–Kier alpha value is -3.16. The number of non-ortho nitro benzene ring substituents is 1. The standard InChI is InChI=1S/C19H20FN3O4/c1-14(27-18-8-2-15(20)3-9-18)19(24)22-12-10-21(11-13-22)16-4-6-17(7-5-16)23(25)26/h2-9,14H,10-13H2,1H3/t14-/m1/s1. The minimum atomic E-state index is -0.665. The topological polar surface area (TPSA) is 75.9 Å². The van der Waals surface area contributed by atoms with Crippen molar-refractivity contribution in [2.45, 2.75) is 13.0 Å². The van der Waals surface area contributed by atoms with Crippen molar-refractivity contribution in [2.75, 3.05) is 31.1 Å². The minimum absolute atomic E-state index is 0.0549. The second-order valence-corrected chi connectivity index (χ2v) is 6.30. The number of nitrogens with zero attached hydrogens (tertiary/aromatic N) is 3. The third kappa shape index (κ3) is 4.52. The first-order chi connectivity index (χ1) is 12.9. The SMILES string of the molecule is C[C@@H](Oc1ccc(F)cc1)C(=O)N1CCN(c2ccc([N+](=O)[O-])cc2)CC1. The molecule has 1 aliphatic heterocycles. The molecule has 142 valence electrons. The van der Waals surface area contributed by atoms with Crippen LogP contribution in [-0.4, -0.2) is 48.0 Å². The van der Waals surface area contributed by atoms with Crippen LogP contribution in [0.15, 0.2) is 48.5 Å². The van der Waals surface area contributed by atoms with Gasteiger partial charge in [-0.3, -0.25) is 14.9 Å². The molecule has 7 nitrogen and oxygen atoms in total. The van der Waals surface area contributed by atoms with E-state index in [0.29, 0.717) is 31.9 Å². The molecule has 0 bridgehead atoms.